The fraction of sp³-hybridized carbons (Fsp3) is 0.667. The molecule has 1 heterocycles. The summed E-state index contributed by atoms with van der Waals surface area (Å²) in [5, 5.41) is 16.3. The van der Waals surface area contributed by atoms with Crippen molar-refractivity contribution >= 4 is 5.97 Å². The Balaban J connectivity index is 1.90. The Morgan fingerprint density at radius 2 is 2.35 bits per heavy atom. The summed E-state index contributed by atoms with van der Waals surface area (Å²) in [6.07, 6.45) is 2.65. The van der Waals surface area contributed by atoms with Crippen molar-refractivity contribution in [2.75, 3.05) is 6.54 Å². The van der Waals surface area contributed by atoms with Gasteiger partial charge in [0.15, 0.2) is 0 Å². The first kappa shape index (κ1) is 12.1. The van der Waals surface area contributed by atoms with Crippen LogP contribution in [0, 0.1) is 11.3 Å². The van der Waals surface area contributed by atoms with Gasteiger partial charge in [-0.15, -0.1) is 0 Å². The van der Waals surface area contributed by atoms with Gasteiger partial charge < -0.3 is 10.4 Å². The minimum atomic E-state index is -0.915. The fourth-order valence-corrected chi connectivity index (χ4v) is 2.14. The Kier molecular flexibility index (Phi) is 2.95. The molecule has 0 aromatic carbocycles. The summed E-state index contributed by atoms with van der Waals surface area (Å²) in [7, 11) is 1.77. The van der Waals surface area contributed by atoms with E-state index in [0.29, 0.717) is 17.9 Å². The molecule has 1 aromatic rings. The third kappa shape index (κ3) is 2.49. The summed E-state index contributed by atoms with van der Waals surface area (Å²) in [6.45, 7) is 6.01. The second-order valence-electron chi connectivity index (χ2n) is 5.45. The van der Waals surface area contributed by atoms with E-state index in [2.05, 4.69) is 24.3 Å². The highest BCUT2D eigenvalue weighted by molar-refractivity contribution is 5.88. The first-order chi connectivity index (χ1) is 7.92. The van der Waals surface area contributed by atoms with Gasteiger partial charge in [-0.1, -0.05) is 13.8 Å². The standard InChI is InChI=1S/C12H19N3O2/c1-12(2)4-8(12)5-13-7-10-9(11(16)17)6-14-15(10)3/h6,8,13H,4-5,7H2,1-3H3,(H,16,17). The number of aromatic carboxylic acids is 1. The molecular weight excluding hydrogens is 218 g/mol. The van der Waals surface area contributed by atoms with Crippen molar-refractivity contribution in [3.05, 3.63) is 17.5 Å². The zero-order valence-electron chi connectivity index (χ0n) is 10.5. The number of nitrogens with zero attached hydrogens (tertiary/aromatic N) is 2. The highest BCUT2D eigenvalue weighted by Crippen LogP contribution is 2.50. The Morgan fingerprint density at radius 1 is 1.71 bits per heavy atom. The molecule has 0 saturated heterocycles. The van der Waals surface area contributed by atoms with Crippen LogP contribution in [0.5, 0.6) is 0 Å². The van der Waals surface area contributed by atoms with E-state index < -0.39 is 5.97 Å². The Morgan fingerprint density at radius 3 is 2.88 bits per heavy atom. The highest BCUT2D eigenvalue weighted by atomic mass is 16.4. The van der Waals surface area contributed by atoms with Gasteiger partial charge in [-0.05, 0) is 24.3 Å². The molecule has 1 aliphatic carbocycles. The Bertz CT molecular complexity index is 437. The van der Waals surface area contributed by atoms with Crippen LogP contribution < -0.4 is 5.32 Å². The molecule has 5 heteroatoms. The van der Waals surface area contributed by atoms with Crippen molar-refractivity contribution in [1.82, 2.24) is 15.1 Å². The van der Waals surface area contributed by atoms with E-state index in [1.807, 2.05) is 0 Å². The molecule has 1 unspecified atom stereocenters. The maximum Gasteiger partial charge on any atom is 0.339 e. The minimum absolute atomic E-state index is 0.287. The molecule has 1 aliphatic rings. The van der Waals surface area contributed by atoms with Crippen LogP contribution in [-0.4, -0.2) is 27.4 Å². The fourth-order valence-electron chi connectivity index (χ4n) is 2.14. The molecule has 1 aromatic heterocycles. The van der Waals surface area contributed by atoms with E-state index in [1.54, 1.807) is 11.7 Å². The molecule has 2 N–H and O–H groups in total. The van der Waals surface area contributed by atoms with Crippen molar-refractivity contribution in [1.29, 1.82) is 0 Å². The molecule has 0 aliphatic heterocycles. The summed E-state index contributed by atoms with van der Waals surface area (Å²) in [5.74, 6) is -0.203. The monoisotopic (exact) mass is 237 g/mol. The molecule has 1 atom stereocenters. The number of nitrogens with one attached hydrogen (secondary N) is 1. The van der Waals surface area contributed by atoms with Crippen molar-refractivity contribution < 1.29 is 9.90 Å². The van der Waals surface area contributed by atoms with Crippen LogP contribution in [0.4, 0.5) is 0 Å². The third-order valence-corrected chi connectivity index (χ3v) is 3.69. The van der Waals surface area contributed by atoms with Crippen LogP contribution in [0.3, 0.4) is 0 Å². The number of aromatic nitrogens is 2. The smallest absolute Gasteiger partial charge is 0.339 e. The van der Waals surface area contributed by atoms with Crippen molar-refractivity contribution in [3.8, 4) is 0 Å². The van der Waals surface area contributed by atoms with Gasteiger partial charge in [0, 0.05) is 13.6 Å². The van der Waals surface area contributed by atoms with Gasteiger partial charge in [-0.25, -0.2) is 4.79 Å². The molecule has 2 rings (SSSR count). The van der Waals surface area contributed by atoms with Crippen LogP contribution in [0.25, 0.3) is 0 Å². The largest absolute Gasteiger partial charge is 0.478 e. The molecule has 1 saturated carbocycles. The number of carbonyl (C=O) groups is 1. The first-order valence-corrected chi connectivity index (χ1v) is 5.86. The van der Waals surface area contributed by atoms with Gasteiger partial charge in [-0.2, -0.15) is 5.10 Å². The summed E-state index contributed by atoms with van der Waals surface area (Å²) in [5.41, 5.74) is 1.47. The molecule has 0 spiro atoms. The Hall–Kier alpha value is -1.36. The van der Waals surface area contributed by atoms with E-state index in [0.717, 1.165) is 12.2 Å². The van der Waals surface area contributed by atoms with Crippen LogP contribution in [0.1, 0.15) is 36.3 Å². The lowest BCUT2D eigenvalue weighted by Gasteiger charge is -2.07. The number of rotatable bonds is 5. The third-order valence-electron chi connectivity index (χ3n) is 3.69. The molecule has 0 bridgehead atoms. The van der Waals surface area contributed by atoms with E-state index in [-0.39, 0.29) is 5.56 Å². The van der Waals surface area contributed by atoms with Gasteiger partial charge in [0.25, 0.3) is 0 Å². The van der Waals surface area contributed by atoms with Crippen LogP contribution in [-0.2, 0) is 13.6 Å². The average Bonchev–Trinajstić information content (AvgIpc) is 2.66. The van der Waals surface area contributed by atoms with Gasteiger partial charge in [-0.3, -0.25) is 4.68 Å². The quantitative estimate of drug-likeness (QED) is 0.809. The van der Waals surface area contributed by atoms with Gasteiger partial charge in [0.05, 0.1) is 11.9 Å². The number of carboxylic acid groups (broad SMARTS) is 1. The van der Waals surface area contributed by atoms with Crippen LogP contribution in [0.15, 0.2) is 6.20 Å². The predicted molar refractivity (Wildman–Crippen MR) is 63.8 cm³/mol. The van der Waals surface area contributed by atoms with Gasteiger partial charge >= 0.3 is 5.97 Å². The van der Waals surface area contributed by atoms with Crippen molar-refractivity contribution in [2.24, 2.45) is 18.4 Å². The maximum atomic E-state index is 11.0. The van der Waals surface area contributed by atoms with Crippen LogP contribution >= 0.6 is 0 Å². The highest BCUT2D eigenvalue weighted by Gasteiger charge is 2.44. The summed E-state index contributed by atoms with van der Waals surface area (Å²) in [6, 6.07) is 0. The van der Waals surface area contributed by atoms with Crippen LogP contribution in [0.2, 0.25) is 0 Å². The second kappa shape index (κ2) is 4.14. The zero-order valence-corrected chi connectivity index (χ0v) is 10.5. The molecule has 94 valence electrons. The number of hydrogen-bond donors (Lipinski definition) is 2. The molecule has 0 radical (unpaired) electrons. The van der Waals surface area contributed by atoms with Gasteiger partial charge in [0.1, 0.15) is 5.56 Å². The Labute approximate surface area is 101 Å². The first-order valence-electron chi connectivity index (χ1n) is 5.86. The van der Waals surface area contributed by atoms with Crippen molar-refractivity contribution in [2.45, 2.75) is 26.8 Å². The lowest BCUT2D eigenvalue weighted by atomic mass is 10.1. The molecule has 1 fully saturated rings. The summed E-state index contributed by atoms with van der Waals surface area (Å²) < 4.78 is 1.62. The number of carboxylic acids is 1. The zero-order chi connectivity index (χ0) is 12.6. The average molecular weight is 237 g/mol. The topological polar surface area (TPSA) is 67.2 Å². The van der Waals surface area contributed by atoms with E-state index in [1.165, 1.54) is 12.6 Å². The van der Waals surface area contributed by atoms with E-state index in [4.69, 9.17) is 5.11 Å². The van der Waals surface area contributed by atoms with E-state index in [9.17, 15) is 4.79 Å². The lowest BCUT2D eigenvalue weighted by molar-refractivity contribution is 0.0695. The SMILES string of the molecule is Cn1ncc(C(=O)O)c1CNCC1CC1(C)C. The van der Waals surface area contributed by atoms with Gasteiger partial charge in [0.2, 0.25) is 0 Å². The predicted octanol–water partition coefficient (Wildman–Crippen LogP) is 1.25. The molecule has 5 nitrogen and oxygen atoms in total. The summed E-state index contributed by atoms with van der Waals surface area (Å²) in [4.78, 5) is 11.0. The second-order valence-corrected chi connectivity index (χ2v) is 5.45. The number of hydrogen-bond acceptors (Lipinski definition) is 3. The maximum absolute atomic E-state index is 11.0. The number of aryl methyl sites for hydroxylation is 1. The van der Waals surface area contributed by atoms with Crippen molar-refractivity contribution in [3.63, 3.8) is 0 Å². The normalized spacial score (nSPS) is 21.5. The molecular formula is C12H19N3O2. The summed E-state index contributed by atoms with van der Waals surface area (Å²) >= 11 is 0. The minimum Gasteiger partial charge on any atom is -0.478 e. The molecule has 17 heavy (non-hydrogen) atoms. The lowest BCUT2D eigenvalue weighted by Crippen LogP contribution is -2.21. The van der Waals surface area contributed by atoms with E-state index >= 15 is 0 Å². The molecule has 0 amide bonds.